The van der Waals surface area contributed by atoms with Crippen molar-refractivity contribution in [2.24, 2.45) is 0 Å². The summed E-state index contributed by atoms with van der Waals surface area (Å²) in [7, 11) is 1.33. The van der Waals surface area contributed by atoms with Crippen LogP contribution < -0.4 is 5.73 Å². The van der Waals surface area contributed by atoms with Crippen molar-refractivity contribution in [2.75, 3.05) is 12.8 Å². The molecule has 0 radical (unpaired) electrons. The molecule has 0 unspecified atom stereocenters. The van der Waals surface area contributed by atoms with Gasteiger partial charge in [-0.1, -0.05) is 29.5 Å². The second-order valence-electron chi connectivity index (χ2n) is 4.00. The number of nitrogens with zero attached hydrogens (tertiary/aromatic N) is 1. The van der Waals surface area contributed by atoms with Gasteiger partial charge in [-0.2, -0.15) is 0 Å². The Labute approximate surface area is 116 Å². The Morgan fingerprint density at radius 2 is 1.89 bits per heavy atom. The molecular weight excluding hydrogens is 260 g/mol. The molecule has 19 heavy (non-hydrogen) atoms. The van der Waals surface area contributed by atoms with E-state index >= 15 is 0 Å². The lowest BCUT2D eigenvalue weighted by atomic mass is 10.2. The number of aromatic nitrogens is 1. The van der Waals surface area contributed by atoms with Crippen molar-refractivity contribution in [3.8, 4) is 0 Å². The SMILES string of the molecule is COC(=O)c1ccc(N)c(Sc2ccc(C)cc2)n1. The van der Waals surface area contributed by atoms with E-state index in [-0.39, 0.29) is 5.69 Å². The van der Waals surface area contributed by atoms with Crippen LogP contribution in [0.15, 0.2) is 46.3 Å². The van der Waals surface area contributed by atoms with Gasteiger partial charge < -0.3 is 10.5 Å². The normalized spacial score (nSPS) is 10.2. The van der Waals surface area contributed by atoms with Crippen molar-refractivity contribution in [2.45, 2.75) is 16.8 Å². The van der Waals surface area contributed by atoms with Crippen molar-refractivity contribution in [1.82, 2.24) is 4.98 Å². The monoisotopic (exact) mass is 274 g/mol. The smallest absolute Gasteiger partial charge is 0.356 e. The van der Waals surface area contributed by atoms with Crippen LogP contribution >= 0.6 is 11.8 Å². The number of rotatable bonds is 3. The first-order valence-corrected chi connectivity index (χ1v) is 6.51. The number of carbonyl (C=O) groups excluding carboxylic acids is 1. The van der Waals surface area contributed by atoms with Crippen LogP contribution in [0.1, 0.15) is 16.1 Å². The van der Waals surface area contributed by atoms with E-state index < -0.39 is 5.97 Å². The van der Waals surface area contributed by atoms with Crippen molar-refractivity contribution >= 4 is 23.4 Å². The highest BCUT2D eigenvalue weighted by Crippen LogP contribution is 2.30. The molecule has 0 aliphatic heterocycles. The molecule has 2 rings (SSSR count). The number of nitrogens with two attached hydrogens (primary N) is 1. The van der Waals surface area contributed by atoms with E-state index in [1.807, 2.05) is 31.2 Å². The van der Waals surface area contributed by atoms with E-state index in [4.69, 9.17) is 5.73 Å². The summed E-state index contributed by atoms with van der Waals surface area (Å²) < 4.78 is 4.65. The third kappa shape index (κ3) is 3.26. The molecule has 0 aliphatic rings. The lowest BCUT2D eigenvalue weighted by Crippen LogP contribution is -2.05. The maximum atomic E-state index is 11.4. The van der Waals surface area contributed by atoms with E-state index in [2.05, 4.69) is 9.72 Å². The Balaban J connectivity index is 2.28. The molecule has 0 fully saturated rings. The summed E-state index contributed by atoms with van der Waals surface area (Å²) in [5.74, 6) is -0.467. The van der Waals surface area contributed by atoms with Gasteiger partial charge in [0, 0.05) is 4.90 Å². The van der Waals surface area contributed by atoms with Gasteiger partial charge in [-0.05, 0) is 31.2 Å². The van der Waals surface area contributed by atoms with Crippen LogP contribution in [0, 0.1) is 6.92 Å². The van der Waals surface area contributed by atoms with Gasteiger partial charge in [0.05, 0.1) is 12.8 Å². The van der Waals surface area contributed by atoms with Gasteiger partial charge in [0.2, 0.25) is 0 Å². The first-order valence-electron chi connectivity index (χ1n) is 5.69. The van der Waals surface area contributed by atoms with Gasteiger partial charge in [-0.3, -0.25) is 0 Å². The van der Waals surface area contributed by atoms with E-state index in [1.165, 1.54) is 24.4 Å². The minimum absolute atomic E-state index is 0.256. The molecule has 98 valence electrons. The molecule has 0 bridgehead atoms. The summed E-state index contributed by atoms with van der Waals surface area (Å²) >= 11 is 1.42. The number of methoxy groups -OCH3 is 1. The molecular formula is C14H14N2O2S. The predicted molar refractivity (Wildman–Crippen MR) is 75.3 cm³/mol. The van der Waals surface area contributed by atoms with Crippen LogP contribution in [0.2, 0.25) is 0 Å². The molecule has 0 saturated heterocycles. The molecule has 0 atom stereocenters. The molecule has 2 N–H and O–H groups in total. The van der Waals surface area contributed by atoms with Crippen LogP contribution in [0.25, 0.3) is 0 Å². The van der Waals surface area contributed by atoms with Crippen molar-refractivity contribution in [3.63, 3.8) is 0 Å². The number of hydrogen-bond acceptors (Lipinski definition) is 5. The van der Waals surface area contributed by atoms with Crippen LogP contribution in [-0.4, -0.2) is 18.1 Å². The first-order chi connectivity index (χ1) is 9.10. The number of hydrogen-bond donors (Lipinski definition) is 1. The number of ether oxygens (including phenoxy) is 1. The molecule has 4 nitrogen and oxygen atoms in total. The summed E-state index contributed by atoms with van der Waals surface area (Å²) in [5.41, 5.74) is 7.86. The van der Waals surface area contributed by atoms with Gasteiger partial charge in [0.1, 0.15) is 10.7 Å². The molecule has 5 heteroatoms. The fourth-order valence-electron chi connectivity index (χ4n) is 1.47. The van der Waals surface area contributed by atoms with Gasteiger partial charge in [0.15, 0.2) is 0 Å². The highest BCUT2D eigenvalue weighted by atomic mass is 32.2. The van der Waals surface area contributed by atoms with Crippen molar-refractivity contribution in [3.05, 3.63) is 47.7 Å². The Hall–Kier alpha value is -2.01. The number of aryl methyl sites for hydroxylation is 1. The van der Waals surface area contributed by atoms with E-state index in [1.54, 1.807) is 12.1 Å². The third-order valence-electron chi connectivity index (χ3n) is 2.52. The van der Waals surface area contributed by atoms with Crippen LogP contribution in [0.3, 0.4) is 0 Å². The van der Waals surface area contributed by atoms with Gasteiger partial charge in [-0.25, -0.2) is 9.78 Å². The van der Waals surface area contributed by atoms with E-state index in [0.717, 1.165) is 4.90 Å². The fourth-order valence-corrected chi connectivity index (χ4v) is 2.29. The molecule has 0 spiro atoms. The minimum atomic E-state index is -0.467. The minimum Gasteiger partial charge on any atom is -0.464 e. The quantitative estimate of drug-likeness (QED) is 0.872. The van der Waals surface area contributed by atoms with Gasteiger partial charge >= 0.3 is 5.97 Å². The van der Waals surface area contributed by atoms with Gasteiger partial charge in [-0.15, -0.1) is 0 Å². The average molecular weight is 274 g/mol. The highest BCUT2D eigenvalue weighted by Gasteiger charge is 2.11. The number of nitrogen functional groups attached to an aromatic ring is 1. The van der Waals surface area contributed by atoms with Crippen LogP contribution in [0.5, 0.6) is 0 Å². The zero-order chi connectivity index (χ0) is 13.8. The van der Waals surface area contributed by atoms with Crippen molar-refractivity contribution < 1.29 is 9.53 Å². The number of carbonyl (C=O) groups is 1. The Bertz CT molecular complexity index is 597. The molecule has 2 aromatic rings. The first kappa shape index (κ1) is 13.4. The summed E-state index contributed by atoms with van der Waals surface area (Å²) in [6, 6.07) is 11.2. The Morgan fingerprint density at radius 3 is 2.53 bits per heavy atom. The number of anilines is 1. The molecule has 1 heterocycles. The van der Waals surface area contributed by atoms with Crippen LogP contribution in [-0.2, 0) is 4.74 Å². The third-order valence-corrected chi connectivity index (χ3v) is 3.55. The van der Waals surface area contributed by atoms with Crippen molar-refractivity contribution in [1.29, 1.82) is 0 Å². The number of esters is 1. The molecule has 1 aromatic heterocycles. The summed E-state index contributed by atoms with van der Waals surface area (Å²) in [6.07, 6.45) is 0. The average Bonchev–Trinajstić information content (AvgIpc) is 2.43. The zero-order valence-electron chi connectivity index (χ0n) is 10.7. The van der Waals surface area contributed by atoms with Crippen LogP contribution in [0.4, 0.5) is 5.69 Å². The topological polar surface area (TPSA) is 65.2 Å². The standard InChI is InChI=1S/C14H14N2O2S/c1-9-3-5-10(6-4-9)19-13-11(15)7-8-12(16-13)14(17)18-2/h3-8H,15H2,1-2H3. The molecule has 0 amide bonds. The summed E-state index contributed by atoms with van der Waals surface area (Å²) in [4.78, 5) is 16.7. The lowest BCUT2D eigenvalue weighted by molar-refractivity contribution is 0.0593. The fraction of sp³-hybridized carbons (Fsp3) is 0.143. The lowest BCUT2D eigenvalue weighted by Gasteiger charge is -2.06. The summed E-state index contributed by atoms with van der Waals surface area (Å²) in [5, 5.41) is 0.603. The van der Waals surface area contributed by atoms with E-state index in [9.17, 15) is 4.79 Å². The maximum absolute atomic E-state index is 11.4. The second kappa shape index (κ2) is 5.75. The molecule has 0 aliphatic carbocycles. The zero-order valence-corrected chi connectivity index (χ0v) is 11.5. The largest absolute Gasteiger partial charge is 0.464 e. The predicted octanol–water partition coefficient (Wildman–Crippen LogP) is 2.91. The van der Waals surface area contributed by atoms with Gasteiger partial charge in [0.25, 0.3) is 0 Å². The number of pyridine rings is 1. The molecule has 0 saturated carbocycles. The maximum Gasteiger partial charge on any atom is 0.356 e. The summed E-state index contributed by atoms with van der Waals surface area (Å²) in [6.45, 7) is 2.03. The van der Waals surface area contributed by atoms with E-state index in [0.29, 0.717) is 10.7 Å². The highest BCUT2D eigenvalue weighted by molar-refractivity contribution is 7.99. The Kier molecular flexibility index (Phi) is 4.06. The second-order valence-corrected chi connectivity index (χ2v) is 5.06. The number of benzene rings is 1. The molecule has 1 aromatic carbocycles. The Morgan fingerprint density at radius 1 is 1.21 bits per heavy atom.